The average Bonchev–Trinajstić information content (AvgIpc) is 2.61. The number of carbonyl (C=O) groups is 1. The lowest BCUT2D eigenvalue weighted by atomic mass is 10.1. The van der Waals surface area contributed by atoms with Crippen molar-refractivity contribution in [3.63, 3.8) is 0 Å². The largest absolute Gasteiger partial charge is 0.484 e. The first-order valence-electron chi connectivity index (χ1n) is 8.29. The number of hydrogen-bond acceptors (Lipinski definition) is 5. The molecule has 25 heavy (non-hydrogen) atoms. The van der Waals surface area contributed by atoms with Crippen LogP contribution in [0.5, 0.6) is 5.75 Å². The second kappa shape index (κ2) is 9.40. The third kappa shape index (κ3) is 6.17. The van der Waals surface area contributed by atoms with Crippen LogP contribution in [-0.4, -0.2) is 63.6 Å². The Hall–Kier alpha value is -1.31. The molecule has 1 aromatic rings. The van der Waals surface area contributed by atoms with Crippen molar-refractivity contribution >= 4 is 27.3 Å². The van der Waals surface area contributed by atoms with E-state index in [1.165, 1.54) is 0 Å². The normalized spacial score (nSPS) is 16.0. The molecule has 0 saturated carbocycles. The van der Waals surface area contributed by atoms with Crippen LogP contribution in [-0.2, 0) is 19.4 Å². The Balaban J connectivity index is 1.77. The smallest absolute Gasteiger partial charge is 0.260 e. The third-order valence-electron chi connectivity index (χ3n) is 4.26. The lowest BCUT2D eigenvalue weighted by Crippen LogP contribution is -2.44. The van der Waals surface area contributed by atoms with E-state index in [0.717, 1.165) is 0 Å². The minimum absolute atomic E-state index is 0.0626. The number of ether oxygens (including phenoxy) is 2. The molecular weight excluding hydrogens is 366 g/mol. The number of halogens is 1. The van der Waals surface area contributed by atoms with Gasteiger partial charge in [0.2, 0.25) is 0 Å². The molecule has 1 fully saturated rings. The van der Waals surface area contributed by atoms with Gasteiger partial charge in [0.15, 0.2) is 16.4 Å². The number of benzene rings is 1. The lowest BCUT2D eigenvalue weighted by molar-refractivity contribution is -0.134. The lowest BCUT2D eigenvalue weighted by Gasteiger charge is -2.31. The summed E-state index contributed by atoms with van der Waals surface area (Å²) in [5.74, 6) is 0.581. The summed E-state index contributed by atoms with van der Waals surface area (Å²) in [6.07, 6.45) is 1.46. The standard InChI is InChI=1S/C17H24ClNO5S/c1-23-11-2-12-25(21,22)16-7-9-19(10-8-16)17(20)13-24-15-5-3-14(18)4-6-15/h3-6,16H,2,7-13H2,1H3. The summed E-state index contributed by atoms with van der Waals surface area (Å²) in [4.78, 5) is 13.9. The van der Waals surface area contributed by atoms with Gasteiger partial charge in [-0.05, 0) is 43.5 Å². The summed E-state index contributed by atoms with van der Waals surface area (Å²) in [7, 11) is -1.57. The quantitative estimate of drug-likeness (QED) is 0.637. The fourth-order valence-electron chi connectivity index (χ4n) is 2.80. The van der Waals surface area contributed by atoms with E-state index in [9.17, 15) is 13.2 Å². The molecule has 140 valence electrons. The van der Waals surface area contributed by atoms with E-state index < -0.39 is 9.84 Å². The van der Waals surface area contributed by atoms with Crippen molar-refractivity contribution in [3.8, 4) is 5.75 Å². The first-order chi connectivity index (χ1) is 11.9. The van der Waals surface area contributed by atoms with Gasteiger partial charge in [0.1, 0.15) is 5.75 Å². The Labute approximate surface area is 154 Å². The molecule has 1 aliphatic rings. The molecule has 0 aromatic heterocycles. The summed E-state index contributed by atoms with van der Waals surface area (Å²) in [5, 5.41) is 0.234. The van der Waals surface area contributed by atoms with Crippen LogP contribution in [0.1, 0.15) is 19.3 Å². The second-order valence-electron chi connectivity index (χ2n) is 6.04. The van der Waals surface area contributed by atoms with Gasteiger partial charge >= 0.3 is 0 Å². The van der Waals surface area contributed by atoms with E-state index in [-0.39, 0.29) is 23.5 Å². The fraction of sp³-hybridized carbons (Fsp3) is 0.588. The van der Waals surface area contributed by atoms with Gasteiger partial charge in [0.05, 0.1) is 11.0 Å². The number of likely N-dealkylation sites (tertiary alicyclic amines) is 1. The maximum Gasteiger partial charge on any atom is 0.260 e. The van der Waals surface area contributed by atoms with Gasteiger partial charge in [-0.1, -0.05) is 11.6 Å². The number of amides is 1. The van der Waals surface area contributed by atoms with Gasteiger partial charge < -0.3 is 14.4 Å². The van der Waals surface area contributed by atoms with Crippen LogP contribution < -0.4 is 4.74 Å². The molecule has 0 spiro atoms. The minimum Gasteiger partial charge on any atom is -0.484 e. The summed E-state index contributed by atoms with van der Waals surface area (Å²) in [5.41, 5.74) is 0. The Kier molecular flexibility index (Phi) is 7.53. The van der Waals surface area contributed by atoms with Crippen molar-refractivity contribution in [3.05, 3.63) is 29.3 Å². The minimum atomic E-state index is -3.13. The van der Waals surface area contributed by atoms with Gasteiger partial charge in [-0.3, -0.25) is 4.79 Å². The van der Waals surface area contributed by atoms with Crippen LogP contribution in [0.4, 0.5) is 0 Å². The van der Waals surface area contributed by atoms with Gasteiger partial charge in [0.25, 0.3) is 5.91 Å². The van der Waals surface area contributed by atoms with E-state index in [2.05, 4.69) is 0 Å². The van der Waals surface area contributed by atoms with Crippen molar-refractivity contribution < 1.29 is 22.7 Å². The maximum atomic E-state index is 12.3. The van der Waals surface area contributed by atoms with Crippen molar-refractivity contribution in [2.75, 3.05) is 39.2 Å². The first-order valence-corrected chi connectivity index (χ1v) is 10.4. The van der Waals surface area contributed by atoms with Gasteiger partial charge in [0, 0.05) is 31.8 Å². The van der Waals surface area contributed by atoms with Crippen LogP contribution in [0.2, 0.25) is 5.02 Å². The molecule has 1 aliphatic heterocycles. The highest BCUT2D eigenvalue weighted by Gasteiger charge is 2.31. The predicted octanol–water partition coefficient (Wildman–Crippen LogP) is 2.16. The fourth-order valence-corrected chi connectivity index (χ4v) is 4.71. The predicted molar refractivity (Wildman–Crippen MR) is 96.8 cm³/mol. The number of nitrogens with zero attached hydrogens (tertiary/aromatic N) is 1. The molecule has 1 aromatic carbocycles. The third-order valence-corrected chi connectivity index (χ3v) is 6.85. The number of methoxy groups -OCH3 is 1. The van der Waals surface area contributed by atoms with Crippen molar-refractivity contribution in [2.24, 2.45) is 0 Å². The summed E-state index contributed by atoms with van der Waals surface area (Å²) in [6.45, 7) is 1.26. The number of hydrogen-bond donors (Lipinski definition) is 0. The Morgan fingerprint density at radius 3 is 2.48 bits per heavy atom. The molecule has 0 aliphatic carbocycles. The van der Waals surface area contributed by atoms with Gasteiger partial charge in [-0.15, -0.1) is 0 Å². The van der Waals surface area contributed by atoms with Gasteiger partial charge in [-0.25, -0.2) is 8.42 Å². The number of sulfone groups is 1. The van der Waals surface area contributed by atoms with Crippen LogP contribution in [0.3, 0.4) is 0 Å². The highest BCUT2D eigenvalue weighted by molar-refractivity contribution is 7.92. The van der Waals surface area contributed by atoms with Gasteiger partial charge in [-0.2, -0.15) is 0 Å². The zero-order valence-electron chi connectivity index (χ0n) is 14.3. The van der Waals surface area contributed by atoms with Crippen molar-refractivity contribution in [1.82, 2.24) is 4.90 Å². The van der Waals surface area contributed by atoms with Crippen LogP contribution >= 0.6 is 11.6 Å². The molecule has 2 rings (SSSR count). The SMILES string of the molecule is COCCCS(=O)(=O)C1CCN(C(=O)COc2ccc(Cl)cc2)CC1. The number of piperidine rings is 1. The molecule has 1 heterocycles. The molecule has 1 saturated heterocycles. The van der Waals surface area contributed by atoms with Crippen LogP contribution in [0, 0.1) is 0 Å². The molecule has 0 N–H and O–H groups in total. The number of rotatable bonds is 8. The Morgan fingerprint density at radius 2 is 1.88 bits per heavy atom. The second-order valence-corrected chi connectivity index (χ2v) is 8.87. The zero-order valence-corrected chi connectivity index (χ0v) is 15.9. The maximum absolute atomic E-state index is 12.3. The van der Waals surface area contributed by atoms with Crippen LogP contribution in [0.25, 0.3) is 0 Å². The van der Waals surface area contributed by atoms with Crippen molar-refractivity contribution in [2.45, 2.75) is 24.5 Å². The summed E-state index contributed by atoms with van der Waals surface area (Å²) >= 11 is 5.80. The van der Waals surface area contributed by atoms with Crippen molar-refractivity contribution in [1.29, 1.82) is 0 Å². The van der Waals surface area contributed by atoms with E-state index in [0.29, 0.717) is 49.7 Å². The first kappa shape index (κ1) is 20.0. The topological polar surface area (TPSA) is 72.9 Å². The Morgan fingerprint density at radius 1 is 1.24 bits per heavy atom. The molecule has 0 atom stereocenters. The summed E-state index contributed by atoms with van der Waals surface area (Å²) in [6, 6.07) is 6.80. The molecular formula is C17H24ClNO5S. The summed E-state index contributed by atoms with van der Waals surface area (Å²) < 4.78 is 34.9. The van der Waals surface area contributed by atoms with E-state index in [1.807, 2.05) is 0 Å². The highest BCUT2D eigenvalue weighted by Crippen LogP contribution is 2.20. The molecule has 1 amide bonds. The average molecular weight is 390 g/mol. The van der Waals surface area contributed by atoms with E-state index in [4.69, 9.17) is 21.1 Å². The molecule has 6 nitrogen and oxygen atoms in total. The van der Waals surface area contributed by atoms with Crippen LogP contribution in [0.15, 0.2) is 24.3 Å². The monoisotopic (exact) mass is 389 g/mol. The molecule has 0 bridgehead atoms. The number of carbonyl (C=O) groups excluding carboxylic acids is 1. The van der Waals surface area contributed by atoms with E-state index in [1.54, 1.807) is 36.3 Å². The zero-order chi connectivity index (χ0) is 18.3. The Bertz CT molecular complexity index is 654. The molecule has 0 unspecified atom stereocenters. The molecule has 8 heteroatoms. The molecule has 0 radical (unpaired) electrons. The highest BCUT2D eigenvalue weighted by atomic mass is 35.5. The van der Waals surface area contributed by atoms with E-state index >= 15 is 0 Å².